The highest BCUT2D eigenvalue weighted by atomic mass is 79.9. The van der Waals surface area contributed by atoms with Crippen LogP contribution >= 0.6 is 15.9 Å². The Hall–Kier alpha value is -1.80. The molecular weight excluding hydrogens is 322 g/mol. The lowest BCUT2D eigenvalue weighted by atomic mass is 10.0. The largest absolute Gasteiger partial charge is 0.384 e. The fourth-order valence-electron chi connectivity index (χ4n) is 2.58. The van der Waals surface area contributed by atoms with E-state index in [1.165, 1.54) is 22.0 Å². The van der Waals surface area contributed by atoms with Crippen LogP contribution in [0.2, 0.25) is 0 Å². The van der Waals surface area contributed by atoms with E-state index in [1.54, 1.807) is 0 Å². The van der Waals surface area contributed by atoms with Gasteiger partial charge in [-0.3, -0.25) is 0 Å². The van der Waals surface area contributed by atoms with Crippen LogP contribution in [0.1, 0.15) is 18.4 Å². The highest BCUT2D eigenvalue weighted by molar-refractivity contribution is 9.10. The molecule has 0 saturated heterocycles. The highest BCUT2D eigenvalue weighted by Gasteiger charge is 2.07. The first-order chi connectivity index (χ1) is 10.3. The van der Waals surface area contributed by atoms with Gasteiger partial charge in [0.1, 0.15) is 0 Å². The molecule has 3 rings (SSSR count). The molecule has 0 saturated carbocycles. The normalized spacial score (nSPS) is 12.3. The Balaban J connectivity index is 1.81. The van der Waals surface area contributed by atoms with Crippen LogP contribution in [-0.4, -0.2) is 6.54 Å². The molecule has 0 spiro atoms. The van der Waals surface area contributed by atoms with Gasteiger partial charge in [-0.15, -0.1) is 0 Å². The van der Waals surface area contributed by atoms with Crippen molar-refractivity contribution in [1.82, 2.24) is 0 Å². The van der Waals surface area contributed by atoms with Gasteiger partial charge >= 0.3 is 0 Å². The van der Waals surface area contributed by atoms with Crippen molar-refractivity contribution in [1.29, 1.82) is 0 Å². The third-order valence-electron chi connectivity index (χ3n) is 3.84. The number of halogens is 1. The zero-order valence-electron chi connectivity index (χ0n) is 12.0. The molecule has 0 aliphatic heterocycles. The molecule has 0 radical (unpaired) electrons. The first-order valence-corrected chi connectivity index (χ1v) is 8.01. The van der Waals surface area contributed by atoms with Crippen LogP contribution < -0.4 is 5.32 Å². The van der Waals surface area contributed by atoms with Crippen molar-refractivity contribution in [2.24, 2.45) is 0 Å². The second kappa shape index (κ2) is 6.31. The molecule has 0 aliphatic rings. The molecule has 1 nitrogen and oxygen atoms in total. The third-order valence-corrected chi connectivity index (χ3v) is 4.53. The van der Waals surface area contributed by atoms with Crippen molar-refractivity contribution in [3.63, 3.8) is 0 Å². The summed E-state index contributed by atoms with van der Waals surface area (Å²) in [5.41, 5.74) is 2.56. The van der Waals surface area contributed by atoms with E-state index in [0.29, 0.717) is 5.92 Å². The molecular formula is C19H18BrN. The number of anilines is 1. The first kappa shape index (κ1) is 14.2. The fourth-order valence-corrected chi connectivity index (χ4v) is 3.06. The topological polar surface area (TPSA) is 12.0 Å². The predicted octanol–water partition coefficient (Wildman–Crippen LogP) is 5.82. The number of hydrogen-bond acceptors (Lipinski definition) is 1. The highest BCUT2D eigenvalue weighted by Crippen LogP contribution is 2.30. The Morgan fingerprint density at radius 2 is 1.52 bits per heavy atom. The second-order valence-corrected chi connectivity index (χ2v) is 6.19. The van der Waals surface area contributed by atoms with Crippen LogP contribution in [0, 0.1) is 0 Å². The molecule has 1 unspecified atom stereocenters. The Bertz CT molecular complexity index is 737. The van der Waals surface area contributed by atoms with Gasteiger partial charge in [-0.1, -0.05) is 77.5 Å². The molecule has 21 heavy (non-hydrogen) atoms. The van der Waals surface area contributed by atoms with Gasteiger partial charge in [-0.05, 0) is 29.0 Å². The lowest BCUT2D eigenvalue weighted by Gasteiger charge is -2.16. The van der Waals surface area contributed by atoms with Gasteiger partial charge in [0.2, 0.25) is 0 Å². The molecule has 2 heteroatoms. The van der Waals surface area contributed by atoms with Crippen LogP contribution in [0.5, 0.6) is 0 Å². The summed E-state index contributed by atoms with van der Waals surface area (Å²) in [5, 5.41) is 6.09. The van der Waals surface area contributed by atoms with E-state index in [0.717, 1.165) is 11.0 Å². The molecule has 3 aromatic carbocycles. The van der Waals surface area contributed by atoms with Crippen LogP contribution in [0.25, 0.3) is 10.8 Å². The number of hydrogen-bond donors (Lipinski definition) is 1. The molecule has 0 fully saturated rings. The molecule has 0 aromatic heterocycles. The second-order valence-electron chi connectivity index (χ2n) is 5.33. The van der Waals surface area contributed by atoms with E-state index < -0.39 is 0 Å². The van der Waals surface area contributed by atoms with Crippen molar-refractivity contribution < 1.29 is 0 Å². The Morgan fingerprint density at radius 3 is 2.29 bits per heavy atom. The summed E-state index contributed by atoms with van der Waals surface area (Å²) in [4.78, 5) is 0. The summed E-state index contributed by atoms with van der Waals surface area (Å²) in [6.07, 6.45) is 0. The molecule has 3 aromatic rings. The Morgan fingerprint density at radius 1 is 0.857 bits per heavy atom. The molecule has 0 amide bonds. The molecule has 0 bridgehead atoms. The van der Waals surface area contributed by atoms with E-state index in [4.69, 9.17) is 0 Å². The average molecular weight is 340 g/mol. The van der Waals surface area contributed by atoms with Crippen molar-refractivity contribution in [3.8, 4) is 0 Å². The summed E-state index contributed by atoms with van der Waals surface area (Å²) in [6.45, 7) is 3.18. The lowest BCUT2D eigenvalue weighted by Crippen LogP contribution is -2.10. The minimum Gasteiger partial charge on any atom is -0.384 e. The summed E-state index contributed by atoms with van der Waals surface area (Å²) in [5.74, 6) is 0.480. The molecule has 1 N–H and O–H groups in total. The van der Waals surface area contributed by atoms with Gasteiger partial charge in [0, 0.05) is 22.1 Å². The summed E-state index contributed by atoms with van der Waals surface area (Å²) in [7, 11) is 0. The zero-order chi connectivity index (χ0) is 14.7. The molecule has 0 heterocycles. The minimum atomic E-state index is 0.480. The fraction of sp³-hybridized carbons (Fsp3) is 0.158. The van der Waals surface area contributed by atoms with Crippen LogP contribution in [0.15, 0.2) is 71.2 Å². The van der Waals surface area contributed by atoms with E-state index in [-0.39, 0.29) is 0 Å². The van der Waals surface area contributed by atoms with E-state index >= 15 is 0 Å². The maximum atomic E-state index is 3.62. The maximum absolute atomic E-state index is 3.62. The average Bonchev–Trinajstić information content (AvgIpc) is 2.55. The van der Waals surface area contributed by atoms with Crippen molar-refractivity contribution in [2.45, 2.75) is 12.8 Å². The quantitative estimate of drug-likeness (QED) is 0.631. The minimum absolute atomic E-state index is 0.480. The van der Waals surface area contributed by atoms with Crippen LogP contribution in [0.3, 0.4) is 0 Å². The van der Waals surface area contributed by atoms with Gasteiger partial charge in [0.25, 0.3) is 0 Å². The molecule has 0 aliphatic carbocycles. The monoisotopic (exact) mass is 339 g/mol. The van der Waals surface area contributed by atoms with Gasteiger partial charge in [-0.25, -0.2) is 0 Å². The van der Waals surface area contributed by atoms with E-state index in [1.807, 2.05) is 0 Å². The zero-order valence-corrected chi connectivity index (χ0v) is 13.6. The molecule has 1 atom stereocenters. The Kier molecular flexibility index (Phi) is 4.26. The van der Waals surface area contributed by atoms with Gasteiger partial charge in [0.05, 0.1) is 0 Å². The smallest absolute Gasteiger partial charge is 0.0420 e. The number of benzene rings is 3. The van der Waals surface area contributed by atoms with Crippen molar-refractivity contribution in [2.75, 3.05) is 11.9 Å². The van der Waals surface area contributed by atoms with E-state index in [9.17, 15) is 0 Å². The van der Waals surface area contributed by atoms with Crippen molar-refractivity contribution in [3.05, 3.63) is 76.8 Å². The summed E-state index contributed by atoms with van der Waals surface area (Å²) >= 11 is 3.62. The van der Waals surface area contributed by atoms with Gasteiger partial charge < -0.3 is 5.32 Å². The molecule has 106 valence electrons. The van der Waals surface area contributed by atoms with Crippen molar-refractivity contribution >= 4 is 32.4 Å². The SMILES string of the molecule is CC(CNc1ccc(Br)c2ccccc12)c1ccccc1. The maximum Gasteiger partial charge on any atom is 0.0420 e. The van der Waals surface area contributed by atoms with Gasteiger partial charge in [-0.2, -0.15) is 0 Å². The predicted molar refractivity (Wildman–Crippen MR) is 95.0 cm³/mol. The van der Waals surface area contributed by atoms with Crippen LogP contribution in [0.4, 0.5) is 5.69 Å². The number of rotatable bonds is 4. The summed E-state index contributed by atoms with van der Waals surface area (Å²) < 4.78 is 1.14. The van der Waals surface area contributed by atoms with Crippen LogP contribution in [-0.2, 0) is 0 Å². The summed E-state index contributed by atoms with van der Waals surface area (Å²) in [6, 6.07) is 23.3. The standard InChI is InChI=1S/C19H18BrN/c1-14(15-7-3-2-4-8-15)13-21-19-12-11-18(20)16-9-5-6-10-17(16)19/h2-12,14,21H,13H2,1H3. The number of nitrogens with one attached hydrogen (secondary N) is 1. The Labute approximate surface area is 134 Å². The first-order valence-electron chi connectivity index (χ1n) is 7.22. The third kappa shape index (κ3) is 3.11. The van der Waals surface area contributed by atoms with Gasteiger partial charge in [0.15, 0.2) is 0 Å². The lowest BCUT2D eigenvalue weighted by molar-refractivity contribution is 0.806. The number of fused-ring (bicyclic) bond motifs is 1. The van der Waals surface area contributed by atoms with E-state index in [2.05, 4.69) is 94.9 Å².